The molecule has 0 aromatic carbocycles. The Morgan fingerprint density at radius 2 is 1.96 bits per heavy atom. The number of fused-ring (bicyclic) bond motifs is 1. The molecule has 1 fully saturated rings. The molecule has 24 heavy (non-hydrogen) atoms. The van der Waals surface area contributed by atoms with Crippen molar-refractivity contribution in [3.05, 3.63) is 11.6 Å². The lowest BCUT2D eigenvalue weighted by Gasteiger charge is -2.36. The molecule has 0 radical (unpaired) electrons. The molecular weight excluding hydrogens is 320 g/mol. The molecule has 0 amide bonds. The smallest absolute Gasteiger partial charge is 0.316 e. The molecule has 0 aromatic rings. The average Bonchev–Trinajstić information content (AvgIpc) is 2.93. The van der Waals surface area contributed by atoms with Gasteiger partial charge in [0.15, 0.2) is 8.32 Å². The normalized spacial score (nSPS) is 27.2. The van der Waals surface area contributed by atoms with Crippen molar-refractivity contribution in [1.29, 1.82) is 0 Å². The molecule has 3 atom stereocenters. The molecule has 0 spiro atoms. The van der Waals surface area contributed by atoms with Crippen molar-refractivity contribution < 1.29 is 18.8 Å². The van der Waals surface area contributed by atoms with E-state index in [0.29, 0.717) is 13.0 Å². The van der Waals surface area contributed by atoms with Gasteiger partial charge in [-0.1, -0.05) is 32.4 Å². The first-order valence-corrected chi connectivity index (χ1v) is 12.0. The van der Waals surface area contributed by atoms with Crippen molar-refractivity contribution in [1.82, 2.24) is 0 Å². The largest absolute Gasteiger partial charge is 0.465 e. The minimum absolute atomic E-state index is 0.0521. The highest BCUT2D eigenvalue weighted by Crippen LogP contribution is 2.46. The second kappa shape index (κ2) is 7.12. The van der Waals surface area contributed by atoms with Crippen LogP contribution in [0.3, 0.4) is 0 Å². The first-order chi connectivity index (χ1) is 11.1. The van der Waals surface area contributed by atoms with E-state index in [1.807, 2.05) is 0 Å². The van der Waals surface area contributed by atoms with Crippen molar-refractivity contribution >= 4 is 20.1 Å². The maximum atomic E-state index is 12.1. The molecule has 2 rings (SSSR count). The number of hydrogen-bond acceptors (Lipinski definition) is 4. The molecule has 0 saturated heterocycles. The average molecular weight is 353 g/mol. The molecule has 2 aliphatic carbocycles. The molecule has 1 saturated carbocycles. The Labute approximate surface area is 147 Å². The predicted molar refractivity (Wildman–Crippen MR) is 97.2 cm³/mol. The molecule has 2 aliphatic rings. The van der Waals surface area contributed by atoms with Crippen molar-refractivity contribution in [2.45, 2.75) is 65.1 Å². The van der Waals surface area contributed by atoms with Gasteiger partial charge in [0.1, 0.15) is 11.7 Å². The Morgan fingerprint density at radius 1 is 1.29 bits per heavy atom. The van der Waals surface area contributed by atoms with E-state index in [0.717, 1.165) is 19.4 Å². The Bertz CT molecular complexity index is 530. The van der Waals surface area contributed by atoms with Crippen LogP contribution in [0.15, 0.2) is 11.6 Å². The third-order valence-electron chi connectivity index (χ3n) is 5.94. The zero-order valence-electron chi connectivity index (χ0n) is 16.0. The summed E-state index contributed by atoms with van der Waals surface area (Å²) in [6, 6.07) is 0. The summed E-state index contributed by atoms with van der Waals surface area (Å²) >= 11 is 0. The summed E-state index contributed by atoms with van der Waals surface area (Å²) < 4.78 is 11.4. The van der Waals surface area contributed by atoms with E-state index < -0.39 is 14.2 Å². The Morgan fingerprint density at radius 3 is 2.54 bits per heavy atom. The van der Waals surface area contributed by atoms with Crippen molar-refractivity contribution in [3.8, 4) is 0 Å². The lowest BCUT2D eigenvalue weighted by atomic mass is 9.90. The fourth-order valence-corrected chi connectivity index (χ4v) is 4.54. The number of Topliss-reactive ketones (excluding diaryl/α,β-unsaturated/α-hetero) is 1. The molecule has 5 heteroatoms. The molecule has 0 unspecified atom stereocenters. The Hall–Kier alpha value is -0.943. The van der Waals surface area contributed by atoms with Crippen LogP contribution >= 0.6 is 0 Å². The summed E-state index contributed by atoms with van der Waals surface area (Å²) in [5, 5.41) is 0.217. The number of hydrogen-bond donors (Lipinski definition) is 0. The minimum Gasteiger partial charge on any atom is -0.465 e. The Balaban J connectivity index is 1.90. The maximum absolute atomic E-state index is 12.1. The van der Waals surface area contributed by atoms with Gasteiger partial charge < -0.3 is 9.16 Å². The highest BCUT2D eigenvalue weighted by atomic mass is 28.4. The molecular formula is C19H32O4Si. The molecule has 4 nitrogen and oxygen atoms in total. The summed E-state index contributed by atoms with van der Waals surface area (Å²) in [6.07, 6.45) is 4.45. The van der Waals surface area contributed by atoms with Crippen molar-refractivity contribution in [2.75, 3.05) is 13.2 Å². The highest BCUT2D eigenvalue weighted by molar-refractivity contribution is 6.74. The standard InChI is InChI=1S/C19H32O4Si/c1-7-22-18(21)17-15-11-13(10-14(15)12-16(17)20)8-9-23-24(5,6)19(2,3)4/h10,14-15,17H,7-9,11-12H2,1-6H3/t14-,15-,17+/m1/s1. The minimum atomic E-state index is -1.71. The number of rotatable bonds is 6. The van der Waals surface area contributed by atoms with Crippen LogP contribution < -0.4 is 0 Å². The second-order valence-corrected chi connectivity index (χ2v) is 13.4. The number of ketones is 1. The number of ether oxygens (including phenoxy) is 1. The Kier molecular flexibility index (Phi) is 5.75. The van der Waals surface area contributed by atoms with E-state index in [2.05, 4.69) is 39.9 Å². The molecule has 136 valence electrons. The third-order valence-corrected chi connectivity index (χ3v) is 10.5. The molecule has 0 N–H and O–H groups in total. The summed E-state index contributed by atoms with van der Waals surface area (Å²) in [7, 11) is -1.71. The van der Waals surface area contributed by atoms with Crippen molar-refractivity contribution in [2.24, 2.45) is 17.8 Å². The van der Waals surface area contributed by atoms with Crippen LogP contribution in [-0.2, 0) is 18.8 Å². The van der Waals surface area contributed by atoms with Crippen molar-refractivity contribution in [3.63, 3.8) is 0 Å². The molecule has 0 aromatic heterocycles. The van der Waals surface area contributed by atoms with E-state index in [9.17, 15) is 9.59 Å². The number of allylic oxidation sites excluding steroid dienone is 1. The van der Waals surface area contributed by atoms with E-state index in [1.165, 1.54) is 5.57 Å². The maximum Gasteiger partial charge on any atom is 0.316 e. The lowest BCUT2D eigenvalue weighted by Crippen LogP contribution is -2.41. The quantitative estimate of drug-likeness (QED) is 0.312. The van der Waals surface area contributed by atoms with E-state index in [4.69, 9.17) is 9.16 Å². The van der Waals surface area contributed by atoms with Crippen LogP contribution in [0.1, 0.15) is 47.0 Å². The van der Waals surface area contributed by atoms with E-state index in [1.54, 1.807) is 6.92 Å². The van der Waals surface area contributed by atoms with Gasteiger partial charge in [-0.15, -0.1) is 0 Å². The fraction of sp³-hybridized carbons (Fsp3) is 0.789. The zero-order valence-corrected chi connectivity index (χ0v) is 17.0. The van der Waals surface area contributed by atoms with Crippen LogP contribution in [0.25, 0.3) is 0 Å². The molecule has 0 heterocycles. The third kappa shape index (κ3) is 3.99. The number of carbonyl (C=O) groups excluding carboxylic acids is 2. The fourth-order valence-electron chi connectivity index (χ4n) is 3.50. The summed E-state index contributed by atoms with van der Waals surface area (Å²) in [4.78, 5) is 24.2. The van der Waals surface area contributed by atoms with Gasteiger partial charge in [-0.25, -0.2) is 0 Å². The first kappa shape index (κ1) is 19.4. The monoisotopic (exact) mass is 352 g/mol. The van der Waals surface area contributed by atoms with Crippen LogP contribution in [-0.4, -0.2) is 33.3 Å². The van der Waals surface area contributed by atoms with Gasteiger partial charge in [0, 0.05) is 13.0 Å². The first-order valence-electron chi connectivity index (χ1n) is 9.09. The van der Waals surface area contributed by atoms with E-state index in [-0.39, 0.29) is 28.6 Å². The highest BCUT2D eigenvalue weighted by Gasteiger charge is 2.48. The summed E-state index contributed by atoms with van der Waals surface area (Å²) in [6.45, 7) is 14.1. The summed E-state index contributed by atoms with van der Waals surface area (Å²) in [5.41, 5.74) is 1.34. The van der Waals surface area contributed by atoms with Gasteiger partial charge in [-0.3, -0.25) is 9.59 Å². The summed E-state index contributed by atoms with van der Waals surface area (Å²) in [5.74, 6) is -0.502. The van der Waals surface area contributed by atoms with Crippen LogP contribution in [0, 0.1) is 17.8 Å². The van der Waals surface area contributed by atoms with Gasteiger partial charge in [0.2, 0.25) is 0 Å². The van der Waals surface area contributed by atoms with Gasteiger partial charge in [0.25, 0.3) is 0 Å². The van der Waals surface area contributed by atoms with Gasteiger partial charge >= 0.3 is 5.97 Å². The second-order valence-electron chi connectivity index (χ2n) is 8.62. The topological polar surface area (TPSA) is 52.6 Å². The lowest BCUT2D eigenvalue weighted by molar-refractivity contribution is -0.152. The van der Waals surface area contributed by atoms with Gasteiger partial charge in [-0.2, -0.15) is 0 Å². The van der Waals surface area contributed by atoms with Crippen LogP contribution in [0.4, 0.5) is 0 Å². The number of esters is 1. The van der Waals surface area contributed by atoms with Gasteiger partial charge in [-0.05, 0) is 49.7 Å². The van der Waals surface area contributed by atoms with Crippen LogP contribution in [0.2, 0.25) is 18.1 Å². The molecule has 0 bridgehead atoms. The van der Waals surface area contributed by atoms with Crippen LogP contribution in [0.5, 0.6) is 0 Å². The molecule has 0 aliphatic heterocycles. The SMILES string of the molecule is CCOC(=O)[C@@H]1C(=O)C[C@H]2C=C(CCO[Si](C)(C)C(C)(C)C)C[C@@H]12. The van der Waals surface area contributed by atoms with Gasteiger partial charge in [0.05, 0.1) is 6.61 Å². The number of carbonyl (C=O) groups is 2. The zero-order chi connectivity index (χ0) is 18.1. The predicted octanol–water partition coefficient (Wildman–Crippen LogP) is 4.11. The van der Waals surface area contributed by atoms with E-state index >= 15 is 0 Å².